The van der Waals surface area contributed by atoms with Crippen molar-refractivity contribution in [3.05, 3.63) is 64.2 Å². The summed E-state index contributed by atoms with van der Waals surface area (Å²) in [5, 5.41) is 20.8. The maximum atomic E-state index is 12.9. The molecule has 8 heteroatoms. The number of aliphatic hydroxyl groups excluding tert-OH is 1. The SMILES string of the molecule is COCCN1C(=O)C(=O)/C(=C(\O)c2ccccc2OC)C1c1ccc(O)c(Cl)c1. The normalized spacial score (nSPS) is 18.3. The molecule has 1 amide bonds. The second kappa shape index (κ2) is 8.55. The number of likely N-dealkylation sites (tertiary alicyclic amines) is 1. The van der Waals surface area contributed by atoms with Crippen LogP contribution in [0.3, 0.4) is 0 Å². The first-order valence-corrected chi connectivity index (χ1v) is 9.17. The van der Waals surface area contributed by atoms with E-state index in [-0.39, 0.29) is 40.8 Å². The second-order valence-corrected chi connectivity index (χ2v) is 6.80. The minimum absolute atomic E-state index is 0.0668. The number of methoxy groups -OCH3 is 2. The van der Waals surface area contributed by atoms with Gasteiger partial charge in [-0.1, -0.05) is 29.8 Å². The molecule has 0 radical (unpaired) electrons. The monoisotopic (exact) mass is 417 g/mol. The van der Waals surface area contributed by atoms with Gasteiger partial charge in [0, 0.05) is 13.7 Å². The Labute approximate surface area is 172 Å². The van der Waals surface area contributed by atoms with Gasteiger partial charge in [-0.15, -0.1) is 0 Å². The molecular weight excluding hydrogens is 398 g/mol. The number of nitrogens with zero attached hydrogens (tertiary/aromatic N) is 1. The molecule has 1 fully saturated rings. The number of Topliss-reactive ketones (excluding diaryl/α,β-unsaturated/α-hetero) is 1. The van der Waals surface area contributed by atoms with Gasteiger partial charge in [0.2, 0.25) is 0 Å². The van der Waals surface area contributed by atoms with Crippen LogP contribution in [0.15, 0.2) is 48.0 Å². The van der Waals surface area contributed by atoms with Gasteiger partial charge >= 0.3 is 0 Å². The van der Waals surface area contributed by atoms with Gasteiger partial charge in [-0.3, -0.25) is 9.59 Å². The van der Waals surface area contributed by atoms with Crippen LogP contribution in [0.4, 0.5) is 0 Å². The van der Waals surface area contributed by atoms with Crippen LogP contribution in [0, 0.1) is 0 Å². The van der Waals surface area contributed by atoms with Crippen molar-refractivity contribution < 1.29 is 29.3 Å². The van der Waals surface area contributed by atoms with Gasteiger partial charge in [-0.05, 0) is 29.8 Å². The summed E-state index contributed by atoms with van der Waals surface area (Å²) in [6.07, 6.45) is 0. The van der Waals surface area contributed by atoms with Crippen molar-refractivity contribution in [2.75, 3.05) is 27.4 Å². The molecule has 0 aromatic heterocycles. The summed E-state index contributed by atoms with van der Waals surface area (Å²) < 4.78 is 10.3. The van der Waals surface area contributed by atoms with Crippen molar-refractivity contribution in [1.29, 1.82) is 0 Å². The maximum absolute atomic E-state index is 12.9. The zero-order valence-electron chi connectivity index (χ0n) is 15.9. The Morgan fingerprint density at radius 1 is 1.17 bits per heavy atom. The molecule has 0 bridgehead atoms. The number of aliphatic hydroxyl groups is 1. The largest absolute Gasteiger partial charge is 0.507 e. The van der Waals surface area contributed by atoms with Gasteiger partial charge in [0.1, 0.15) is 17.3 Å². The van der Waals surface area contributed by atoms with E-state index in [0.717, 1.165) is 0 Å². The van der Waals surface area contributed by atoms with Crippen LogP contribution >= 0.6 is 11.6 Å². The molecule has 29 heavy (non-hydrogen) atoms. The van der Waals surface area contributed by atoms with Gasteiger partial charge in [-0.2, -0.15) is 0 Å². The van der Waals surface area contributed by atoms with Crippen molar-refractivity contribution in [3.8, 4) is 11.5 Å². The number of halogens is 1. The quantitative estimate of drug-likeness (QED) is 0.426. The van der Waals surface area contributed by atoms with Crippen LogP contribution in [-0.4, -0.2) is 54.2 Å². The number of aromatic hydroxyl groups is 1. The van der Waals surface area contributed by atoms with Crippen LogP contribution in [-0.2, 0) is 14.3 Å². The number of amides is 1. The Kier molecular flexibility index (Phi) is 6.10. The Morgan fingerprint density at radius 2 is 1.90 bits per heavy atom. The van der Waals surface area contributed by atoms with Crippen LogP contribution < -0.4 is 4.74 Å². The number of ether oxygens (including phenoxy) is 2. The maximum Gasteiger partial charge on any atom is 0.295 e. The van der Waals surface area contributed by atoms with E-state index in [4.69, 9.17) is 21.1 Å². The number of para-hydroxylation sites is 1. The van der Waals surface area contributed by atoms with Gasteiger partial charge in [0.15, 0.2) is 0 Å². The summed E-state index contributed by atoms with van der Waals surface area (Å²) in [7, 11) is 2.93. The molecule has 1 saturated heterocycles. The average Bonchev–Trinajstić information content (AvgIpc) is 2.98. The molecule has 3 rings (SSSR count). The molecule has 2 N–H and O–H groups in total. The third kappa shape index (κ3) is 3.79. The Hall–Kier alpha value is -3.03. The molecule has 2 aromatic carbocycles. The molecule has 1 heterocycles. The zero-order valence-corrected chi connectivity index (χ0v) is 16.6. The van der Waals surface area contributed by atoms with E-state index in [1.54, 1.807) is 30.3 Å². The van der Waals surface area contributed by atoms with E-state index in [1.165, 1.54) is 31.3 Å². The molecule has 0 aliphatic carbocycles. The summed E-state index contributed by atoms with van der Waals surface area (Å²) in [5.41, 5.74) is 0.673. The zero-order chi connectivity index (χ0) is 21.1. The van der Waals surface area contributed by atoms with Gasteiger partial charge in [0.25, 0.3) is 11.7 Å². The van der Waals surface area contributed by atoms with E-state index < -0.39 is 17.7 Å². The Balaban J connectivity index is 2.22. The van der Waals surface area contributed by atoms with Crippen molar-refractivity contribution in [1.82, 2.24) is 4.90 Å². The lowest BCUT2D eigenvalue weighted by Crippen LogP contribution is -2.32. The summed E-state index contributed by atoms with van der Waals surface area (Å²) >= 11 is 6.05. The van der Waals surface area contributed by atoms with Crippen molar-refractivity contribution in [2.45, 2.75) is 6.04 Å². The van der Waals surface area contributed by atoms with Gasteiger partial charge < -0.3 is 24.6 Å². The van der Waals surface area contributed by atoms with Crippen LogP contribution in [0.2, 0.25) is 5.02 Å². The molecule has 152 valence electrons. The highest BCUT2D eigenvalue weighted by atomic mass is 35.5. The van der Waals surface area contributed by atoms with E-state index in [0.29, 0.717) is 11.3 Å². The fourth-order valence-corrected chi connectivity index (χ4v) is 3.51. The highest BCUT2D eigenvalue weighted by molar-refractivity contribution is 6.46. The first-order valence-electron chi connectivity index (χ1n) is 8.79. The molecule has 1 atom stereocenters. The summed E-state index contributed by atoms with van der Waals surface area (Å²) in [6.45, 7) is 0.330. The number of carbonyl (C=O) groups excluding carboxylic acids is 2. The summed E-state index contributed by atoms with van der Waals surface area (Å²) in [4.78, 5) is 26.9. The molecule has 1 unspecified atom stereocenters. The molecule has 0 saturated carbocycles. The third-order valence-electron chi connectivity index (χ3n) is 4.73. The topological polar surface area (TPSA) is 96.3 Å². The van der Waals surface area contributed by atoms with E-state index >= 15 is 0 Å². The fraction of sp³-hybridized carbons (Fsp3) is 0.238. The van der Waals surface area contributed by atoms with Gasteiger partial charge in [0.05, 0.1) is 35.9 Å². The average molecular weight is 418 g/mol. The molecule has 0 spiro atoms. The minimum Gasteiger partial charge on any atom is -0.507 e. The first-order chi connectivity index (χ1) is 13.9. The van der Waals surface area contributed by atoms with Crippen LogP contribution in [0.1, 0.15) is 17.2 Å². The van der Waals surface area contributed by atoms with E-state index in [1.807, 2.05) is 0 Å². The lowest BCUT2D eigenvalue weighted by Gasteiger charge is -2.25. The highest BCUT2D eigenvalue weighted by Crippen LogP contribution is 2.42. The summed E-state index contributed by atoms with van der Waals surface area (Å²) in [6, 6.07) is 10.1. The van der Waals surface area contributed by atoms with E-state index in [9.17, 15) is 19.8 Å². The Morgan fingerprint density at radius 3 is 2.55 bits per heavy atom. The molecule has 1 aliphatic heterocycles. The third-order valence-corrected chi connectivity index (χ3v) is 5.03. The van der Waals surface area contributed by atoms with Crippen molar-refractivity contribution >= 4 is 29.1 Å². The number of phenols is 1. The van der Waals surface area contributed by atoms with Crippen molar-refractivity contribution in [3.63, 3.8) is 0 Å². The number of phenolic OH excluding ortho intramolecular Hbond substituents is 1. The standard InChI is InChI=1S/C21H20ClNO6/c1-28-10-9-23-18(12-7-8-15(24)14(22)11-12)17(20(26)21(23)27)19(25)13-5-3-4-6-16(13)29-2/h3-8,11,18,24-25H,9-10H2,1-2H3/b19-17-. The number of rotatable bonds is 6. The molecule has 7 nitrogen and oxygen atoms in total. The second-order valence-electron chi connectivity index (χ2n) is 6.40. The lowest BCUT2D eigenvalue weighted by molar-refractivity contribution is -0.140. The fourth-order valence-electron chi connectivity index (χ4n) is 3.33. The predicted molar refractivity (Wildman–Crippen MR) is 107 cm³/mol. The first kappa shape index (κ1) is 20.7. The molecule has 2 aromatic rings. The minimum atomic E-state index is -0.895. The Bertz CT molecular complexity index is 987. The number of benzene rings is 2. The lowest BCUT2D eigenvalue weighted by atomic mass is 9.95. The molecule has 1 aliphatic rings. The summed E-state index contributed by atoms with van der Waals surface area (Å²) in [5.74, 6) is -1.70. The highest BCUT2D eigenvalue weighted by Gasteiger charge is 2.46. The van der Waals surface area contributed by atoms with Crippen LogP contribution in [0.25, 0.3) is 5.76 Å². The number of carbonyl (C=O) groups is 2. The van der Waals surface area contributed by atoms with Crippen LogP contribution in [0.5, 0.6) is 11.5 Å². The van der Waals surface area contributed by atoms with Gasteiger partial charge in [-0.25, -0.2) is 0 Å². The molecular formula is C21H20ClNO6. The number of hydrogen-bond acceptors (Lipinski definition) is 6. The predicted octanol–water partition coefficient (Wildman–Crippen LogP) is 3.12. The number of hydrogen-bond donors (Lipinski definition) is 2. The number of ketones is 1. The smallest absolute Gasteiger partial charge is 0.295 e. The van der Waals surface area contributed by atoms with Crippen molar-refractivity contribution in [2.24, 2.45) is 0 Å². The van der Waals surface area contributed by atoms with E-state index in [2.05, 4.69) is 0 Å².